The van der Waals surface area contributed by atoms with Crippen LogP contribution >= 0.6 is 11.8 Å². The van der Waals surface area contributed by atoms with Gasteiger partial charge < -0.3 is 5.32 Å². The highest BCUT2D eigenvalue weighted by molar-refractivity contribution is 8.00. The van der Waals surface area contributed by atoms with Crippen molar-refractivity contribution in [3.63, 3.8) is 0 Å². The molecule has 17 heavy (non-hydrogen) atoms. The monoisotopic (exact) mass is 254 g/mol. The Balaban J connectivity index is 2.24. The summed E-state index contributed by atoms with van der Waals surface area (Å²) in [5.41, 5.74) is 1.42. The summed E-state index contributed by atoms with van der Waals surface area (Å²) in [5, 5.41) is 2.49. The Bertz CT molecular complexity index is 444. The van der Waals surface area contributed by atoms with Crippen molar-refractivity contribution in [3.8, 4) is 0 Å². The number of allylic oxidation sites excluding steroid dienone is 1. The number of rotatable bonds is 2. The average Bonchev–Trinajstić information content (AvgIpc) is 2.24. The summed E-state index contributed by atoms with van der Waals surface area (Å²) in [5.74, 6) is 0.211. The van der Waals surface area contributed by atoms with E-state index in [1.165, 1.54) is 18.7 Å². The number of fused-ring (bicyclic) bond motifs is 1. The summed E-state index contributed by atoms with van der Waals surface area (Å²) < 4.78 is 0. The largest absolute Gasteiger partial charge is 0.342 e. The maximum atomic E-state index is 11.9. The van der Waals surface area contributed by atoms with Gasteiger partial charge in [0.25, 0.3) is 5.91 Å². The van der Waals surface area contributed by atoms with Crippen LogP contribution in [0.25, 0.3) is 0 Å². The van der Waals surface area contributed by atoms with E-state index in [-0.39, 0.29) is 23.0 Å². The van der Waals surface area contributed by atoms with Gasteiger partial charge >= 0.3 is 0 Å². The molecule has 2 aliphatic heterocycles. The van der Waals surface area contributed by atoms with Crippen LogP contribution in [0.5, 0.6) is 0 Å². The lowest BCUT2D eigenvalue weighted by Gasteiger charge is -2.49. The van der Waals surface area contributed by atoms with Gasteiger partial charge in [-0.05, 0) is 12.5 Å². The second kappa shape index (κ2) is 4.18. The van der Waals surface area contributed by atoms with Gasteiger partial charge in [0.1, 0.15) is 11.4 Å². The van der Waals surface area contributed by atoms with Crippen LogP contribution < -0.4 is 5.32 Å². The van der Waals surface area contributed by atoms with E-state index in [4.69, 9.17) is 0 Å². The summed E-state index contributed by atoms with van der Waals surface area (Å²) in [6, 6.07) is -0.486. The van der Waals surface area contributed by atoms with Gasteiger partial charge in [-0.1, -0.05) is 0 Å². The van der Waals surface area contributed by atoms with Crippen LogP contribution in [0.3, 0.4) is 0 Å². The molecule has 2 aliphatic rings. The molecule has 0 radical (unpaired) electrons. The second-order valence-corrected chi connectivity index (χ2v) is 5.38. The first-order chi connectivity index (χ1) is 7.93. The van der Waals surface area contributed by atoms with Crippen LogP contribution in [0.4, 0.5) is 0 Å². The SMILES string of the molecule is CC(=O)N[C@@H]1C(=O)N2C(C(C)=O)=C(C)CS[C@H]12. The first-order valence-electron chi connectivity index (χ1n) is 5.36. The molecule has 2 amide bonds. The highest BCUT2D eigenvalue weighted by Crippen LogP contribution is 2.40. The molecule has 0 unspecified atom stereocenters. The third-order valence-corrected chi connectivity index (χ3v) is 4.28. The number of amides is 2. The number of nitrogens with one attached hydrogen (secondary N) is 1. The molecule has 2 atom stereocenters. The molecule has 2 heterocycles. The first-order valence-corrected chi connectivity index (χ1v) is 6.41. The van der Waals surface area contributed by atoms with E-state index in [1.54, 1.807) is 11.8 Å². The van der Waals surface area contributed by atoms with E-state index in [0.717, 1.165) is 11.3 Å². The van der Waals surface area contributed by atoms with Gasteiger partial charge in [-0.2, -0.15) is 0 Å². The van der Waals surface area contributed by atoms with Gasteiger partial charge in [-0.15, -0.1) is 11.8 Å². The Kier molecular flexibility index (Phi) is 2.99. The number of thioether (sulfide) groups is 1. The van der Waals surface area contributed by atoms with E-state index < -0.39 is 6.04 Å². The molecule has 0 aliphatic carbocycles. The molecule has 0 aromatic heterocycles. The molecule has 1 saturated heterocycles. The number of hydrogen-bond acceptors (Lipinski definition) is 4. The fourth-order valence-corrected chi connectivity index (χ4v) is 3.47. The number of β-lactam (4-membered cyclic amide) rings is 1. The van der Waals surface area contributed by atoms with Crippen LogP contribution in [0.15, 0.2) is 11.3 Å². The predicted octanol–water partition coefficient (Wildman–Crippen LogP) is 0.269. The molecule has 5 nitrogen and oxygen atoms in total. The van der Waals surface area contributed by atoms with E-state index in [0.29, 0.717) is 5.70 Å². The van der Waals surface area contributed by atoms with Crippen molar-refractivity contribution in [1.29, 1.82) is 0 Å². The molecule has 0 bridgehead atoms. The molecule has 1 N–H and O–H groups in total. The highest BCUT2D eigenvalue weighted by Gasteiger charge is 2.52. The topological polar surface area (TPSA) is 66.5 Å². The standard InChI is InChI=1S/C11H14N2O3S/c1-5-4-17-11-8(12-7(3)15)10(16)13(11)9(5)6(2)14/h8,11H,4H2,1-3H3,(H,12,15)/t8-,11-/m1/s1. The summed E-state index contributed by atoms with van der Waals surface area (Å²) in [7, 11) is 0. The Morgan fingerprint density at radius 3 is 2.59 bits per heavy atom. The minimum Gasteiger partial charge on any atom is -0.342 e. The third-order valence-electron chi connectivity index (χ3n) is 2.85. The number of carbonyl (C=O) groups excluding carboxylic acids is 3. The van der Waals surface area contributed by atoms with Gasteiger partial charge in [0, 0.05) is 19.6 Å². The maximum absolute atomic E-state index is 11.9. The summed E-state index contributed by atoms with van der Waals surface area (Å²) in [4.78, 5) is 35.9. The smallest absolute Gasteiger partial charge is 0.253 e. The second-order valence-electron chi connectivity index (χ2n) is 4.27. The summed E-state index contributed by atoms with van der Waals surface area (Å²) in [6.07, 6.45) is 0. The van der Waals surface area contributed by atoms with Gasteiger partial charge in [-0.3, -0.25) is 19.3 Å². The average molecular weight is 254 g/mol. The van der Waals surface area contributed by atoms with Gasteiger partial charge in [0.05, 0.1) is 5.70 Å². The van der Waals surface area contributed by atoms with Crippen LogP contribution in [-0.4, -0.2) is 39.7 Å². The number of Topliss-reactive ketones (excluding diaryl/α,β-unsaturated/α-hetero) is 1. The van der Waals surface area contributed by atoms with Crippen molar-refractivity contribution < 1.29 is 14.4 Å². The molecule has 0 aromatic rings. The van der Waals surface area contributed by atoms with Crippen LogP contribution in [0.2, 0.25) is 0 Å². The Morgan fingerprint density at radius 2 is 2.06 bits per heavy atom. The van der Waals surface area contributed by atoms with Gasteiger partial charge in [-0.25, -0.2) is 0 Å². The molecule has 92 valence electrons. The fourth-order valence-electron chi connectivity index (χ4n) is 2.18. The van der Waals surface area contributed by atoms with Crippen molar-refractivity contribution >= 4 is 29.4 Å². The normalized spacial score (nSPS) is 27.5. The van der Waals surface area contributed by atoms with Crippen LogP contribution in [-0.2, 0) is 14.4 Å². The quantitative estimate of drug-likeness (QED) is 0.718. The highest BCUT2D eigenvalue weighted by atomic mass is 32.2. The van der Waals surface area contributed by atoms with Crippen LogP contribution in [0.1, 0.15) is 20.8 Å². The molecule has 1 fully saturated rings. The van der Waals surface area contributed by atoms with Crippen molar-refractivity contribution in [1.82, 2.24) is 10.2 Å². The van der Waals surface area contributed by atoms with Crippen molar-refractivity contribution in [2.24, 2.45) is 0 Å². The zero-order chi connectivity index (χ0) is 12.7. The van der Waals surface area contributed by atoms with Crippen molar-refractivity contribution in [2.75, 3.05) is 5.75 Å². The molecular formula is C11H14N2O3S. The summed E-state index contributed by atoms with van der Waals surface area (Å²) in [6.45, 7) is 4.71. The molecule has 0 aromatic carbocycles. The Morgan fingerprint density at radius 1 is 1.41 bits per heavy atom. The Labute approximate surface area is 104 Å². The zero-order valence-electron chi connectivity index (χ0n) is 9.94. The zero-order valence-corrected chi connectivity index (χ0v) is 10.8. The van der Waals surface area contributed by atoms with Crippen LogP contribution in [0, 0.1) is 0 Å². The minimum atomic E-state index is -0.486. The molecule has 6 heteroatoms. The number of carbonyl (C=O) groups is 3. The van der Waals surface area contributed by atoms with Gasteiger partial charge in [0.15, 0.2) is 5.78 Å². The summed E-state index contributed by atoms with van der Waals surface area (Å²) >= 11 is 1.58. The van der Waals surface area contributed by atoms with E-state index in [2.05, 4.69) is 5.32 Å². The number of nitrogens with zero attached hydrogens (tertiary/aromatic N) is 1. The lowest BCUT2D eigenvalue weighted by molar-refractivity contribution is -0.147. The minimum absolute atomic E-state index is 0.0950. The first kappa shape index (κ1) is 12.2. The number of ketones is 1. The Hall–Kier alpha value is -1.30. The predicted molar refractivity (Wildman–Crippen MR) is 64.1 cm³/mol. The molecule has 2 rings (SSSR count). The van der Waals surface area contributed by atoms with E-state index in [1.807, 2.05) is 6.92 Å². The van der Waals surface area contributed by atoms with Gasteiger partial charge in [0.2, 0.25) is 5.91 Å². The fraction of sp³-hybridized carbons (Fsp3) is 0.545. The van der Waals surface area contributed by atoms with Crippen molar-refractivity contribution in [3.05, 3.63) is 11.3 Å². The van der Waals surface area contributed by atoms with Crippen molar-refractivity contribution in [2.45, 2.75) is 32.2 Å². The number of hydrogen-bond donors (Lipinski definition) is 1. The third kappa shape index (κ3) is 1.86. The molecular weight excluding hydrogens is 240 g/mol. The lowest BCUT2D eigenvalue weighted by Crippen LogP contribution is -2.70. The lowest BCUT2D eigenvalue weighted by atomic mass is 10.0. The maximum Gasteiger partial charge on any atom is 0.253 e. The van der Waals surface area contributed by atoms with E-state index >= 15 is 0 Å². The van der Waals surface area contributed by atoms with E-state index in [9.17, 15) is 14.4 Å². The molecule has 0 saturated carbocycles. The molecule has 0 spiro atoms.